The second-order valence-corrected chi connectivity index (χ2v) is 5.74. The lowest BCUT2D eigenvalue weighted by molar-refractivity contribution is -0.127. The monoisotopic (exact) mass is 178 g/mol. The highest BCUT2D eigenvalue weighted by molar-refractivity contribution is 5.05. The molecule has 0 aromatic carbocycles. The molecule has 3 aliphatic carbocycles. The quantitative estimate of drug-likeness (QED) is 0.563. The molecule has 0 spiro atoms. The van der Waals surface area contributed by atoms with Crippen LogP contribution < -0.4 is 0 Å². The van der Waals surface area contributed by atoms with Gasteiger partial charge in [-0.15, -0.1) is 6.58 Å². The molecule has 74 valence electrons. The van der Waals surface area contributed by atoms with Crippen LogP contribution in [0.4, 0.5) is 0 Å². The average molecular weight is 178 g/mol. The van der Waals surface area contributed by atoms with Crippen LogP contribution in [0, 0.1) is 29.1 Å². The summed E-state index contributed by atoms with van der Waals surface area (Å²) in [6.45, 7) is 11.2. The third-order valence-electron chi connectivity index (χ3n) is 4.98. The van der Waals surface area contributed by atoms with Gasteiger partial charge in [0.15, 0.2) is 0 Å². The summed E-state index contributed by atoms with van der Waals surface area (Å²) in [6.07, 6.45) is 6.31. The highest BCUT2D eigenvalue weighted by atomic mass is 14.6. The first-order chi connectivity index (χ1) is 6.07. The maximum absolute atomic E-state index is 3.87. The first kappa shape index (κ1) is 9.30. The standard InChI is InChI=1S/C13H22/c1-5-6-10-7-11-8-12(9(10)2)13(11,3)4/h5,9-12H,1,6-8H2,2-4H3/t9-,10+,11-,12-/m0/s1. The minimum absolute atomic E-state index is 0.650. The van der Waals surface area contributed by atoms with Gasteiger partial charge in [-0.1, -0.05) is 26.8 Å². The van der Waals surface area contributed by atoms with Crippen LogP contribution in [0.25, 0.3) is 0 Å². The number of allylic oxidation sites excluding steroid dienone is 1. The van der Waals surface area contributed by atoms with Crippen molar-refractivity contribution in [3.05, 3.63) is 12.7 Å². The smallest absolute Gasteiger partial charge is 0.0295 e. The summed E-state index contributed by atoms with van der Waals surface area (Å²) >= 11 is 0. The Morgan fingerprint density at radius 2 is 2.08 bits per heavy atom. The van der Waals surface area contributed by atoms with E-state index in [0.29, 0.717) is 5.41 Å². The summed E-state index contributed by atoms with van der Waals surface area (Å²) in [6, 6.07) is 0. The Labute approximate surface area is 82.4 Å². The van der Waals surface area contributed by atoms with Crippen molar-refractivity contribution >= 4 is 0 Å². The third kappa shape index (κ3) is 1.18. The molecular formula is C13H22. The summed E-state index contributed by atoms with van der Waals surface area (Å²) in [4.78, 5) is 0. The molecule has 0 unspecified atom stereocenters. The van der Waals surface area contributed by atoms with Gasteiger partial charge in [-0.2, -0.15) is 0 Å². The lowest BCUT2D eigenvalue weighted by atomic mass is 9.43. The van der Waals surface area contributed by atoms with Gasteiger partial charge in [0.25, 0.3) is 0 Å². The maximum Gasteiger partial charge on any atom is -0.0295 e. The molecule has 13 heavy (non-hydrogen) atoms. The van der Waals surface area contributed by atoms with Crippen molar-refractivity contribution in [3.8, 4) is 0 Å². The number of hydrogen-bond donors (Lipinski definition) is 0. The van der Waals surface area contributed by atoms with E-state index in [1.807, 2.05) is 0 Å². The van der Waals surface area contributed by atoms with Crippen LogP contribution in [0.3, 0.4) is 0 Å². The molecule has 0 radical (unpaired) electrons. The molecule has 3 aliphatic rings. The third-order valence-corrected chi connectivity index (χ3v) is 4.98. The first-order valence-corrected chi connectivity index (χ1v) is 5.68. The molecule has 3 fully saturated rings. The van der Waals surface area contributed by atoms with E-state index in [2.05, 4.69) is 33.4 Å². The number of fused-ring (bicyclic) bond motifs is 2. The minimum Gasteiger partial charge on any atom is -0.103 e. The zero-order valence-corrected chi connectivity index (χ0v) is 9.22. The molecule has 0 heterocycles. The Kier molecular flexibility index (Phi) is 2.05. The lowest BCUT2D eigenvalue weighted by Crippen LogP contribution is -2.54. The number of rotatable bonds is 2. The molecule has 2 bridgehead atoms. The van der Waals surface area contributed by atoms with Gasteiger partial charge in [0.2, 0.25) is 0 Å². The Balaban J connectivity index is 2.07. The molecule has 4 atom stereocenters. The lowest BCUT2D eigenvalue weighted by Gasteiger charge is -2.62. The van der Waals surface area contributed by atoms with E-state index >= 15 is 0 Å². The largest absolute Gasteiger partial charge is 0.103 e. The van der Waals surface area contributed by atoms with E-state index in [1.54, 1.807) is 0 Å². The van der Waals surface area contributed by atoms with Crippen LogP contribution >= 0.6 is 0 Å². The molecule has 0 aromatic heterocycles. The molecule has 0 saturated heterocycles. The van der Waals surface area contributed by atoms with Crippen molar-refractivity contribution in [3.63, 3.8) is 0 Å². The van der Waals surface area contributed by atoms with Crippen LogP contribution in [-0.2, 0) is 0 Å². The van der Waals surface area contributed by atoms with Gasteiger partial charge in [0.05, 0.1) is 0 Å². The molecule has 3 rings (SSSR count). The fourth-order valence-corrected chi connectivity index (χ4v) is 3.78. The van der Waals surface area contributed by atoms with E-state index in [0.717, 1.165) is 23.7 Å². The molecule has 3 saturated carbocycles. The summed E-state index contributed by atoms with van der Waals surface area (Å²) in [5.41, 5.74) is 0.650. The summed E-state index contributed by atoms with van der Waals surface area (Å²) < 4.78 is 0. The van der Waals surface area contributed by atoms with Crippen molar-refractivity contribution in [1.29, 1.82) is 0 Å². The Bertz CT molecular complexity index is 214. The predicted octanol–water partition coefficient (Wildman–Crippen LogP) is 3.88. The Morgan fingerprint density at radius 3 is 2.54 bits per heavy atom. The van der Waals surface area contributed by atoms with Gasteiger partial charge in [0, 0.05) is 0 Å². The van der Waals surface area contributed by atoms with Gasteiger partial charge in [-0.25, -0.2) is 0 Å². The minimum atomic E-state index is 0.650. The zero-order chi connectivity index (χ0) is 9.64. The Morgan fingerprint density at radius 1 is 1.38 bits per heavy atom. The van der Waals surface area contributed by atoms with Crippen molar-refractivity contribution in [2.75, 3.05) is 0 Å². The van der Waals surface area contributed by atoms with Crippen molar-refractivity contribution < 1.29 is 0 Å². The van der Waals surface area contributed by atoms with Gasteiger partial charge >= 0.3 is 0 Å². The molecular weight excluding hydrogens is 156 g/mol. The fourth-order valence-electron chi connectivity index (χ4n) is 3.78. The van der Waals surface area contributed by atoms with Crippen molar-refractivity contribution in [1.82, 2.24) is 0 Å². The van der Waals surface area contributed by atoms with E-state index in [1.165, 1.54) is 19.3 Å². The first-order valence-electron chi connectivity index (χ1n) is 5.68. The fraction of sp³-hybridized carbons (Fsp3) is 0.846. The van der Waals surface area contributed by atoms with E-state index in [9.17, 15) is 0 Å². The van der Waals surface area contributed by atoms with E-state index < -0.39 is 0 Å². The van der Waals surface area contributed by atoms with Crippen molar-refractivity contribution in [2.24, 2.45) is 29.1 Å². The van der Waals surface area contributed by atoms with Gasteiger partial charge in [-0.05, 0) is 48.3 Å². The van der Waals surface area contributed by atoms with Gasteiger partial charge in [0.1, 0.15) is 0 Å². The number of hydrogen-bond acceptors (Lipinski definition) is 0. The van der Waals surface area contributed by atoms with Crippen LogP contribution in [0.5, 0.6) is 0 Å². The molecule has 0 amide bonds. The molecule has 0 aliphatic heterocycles. The highest BCUT2D eigenvalue weighted by Crippen LogP contribution is 2.63. The van der Waals surface area contributed by atoms with Crippen molar-refractivity contribution in [2.45, 2.75) is 40.0 Å². The normalized spacial score (nSPS) is 46.7. The Hall–Kier alpha value is -0.260. The molecule has 0 heteroatoms. The average Bonchev–Trinajstić information content (AvgIpc) is 2.08. The highest BCUT2D eigenvalue weighted by Gasteiger charge is 2.55. The molecule has 0 nitrogen and oxygen atoms in total. The van der Waals surface area contributed by atoms with Gasteiger partial charge in [-0.3, -0.25) is 0 Å². The van der Waals surface area contributed by atoms with Crippen LogP contribution in [0.2, 0.25) is 0 Å². The second-order valence-electron chi connectivity index (χ2n) is 5.74. The second kappa shape index (κ2) is 2.87. The molecule has 0 aromatic rings. The predicted molar refractivity (Wildman–Crippen MR) is 57.5 cm³/mol. The summed E-state index contributed by atoms with van der Waals surface area (Å²) in [5.74, 6) is 3.88. The summed E-state index contributed by atoms with van der Waals surface area (Å²) in [7, 11) is 0. The topological polar surface area (TPSA) is 0 Å². The van der Waals surface area contributed by atoms with Crippen LogP contribution in [0.15, 0.2) is 12.7 Å². The van der Waals surface area contributed by atoms with E-state index in [4.69, 9.17) is 0 Å². The SMILES string of the molecule is C=CC[C@@H]1C[C@H]2C[C@@H]([C@H]1C)C2(C)C. The van der Waals surface area contributed by atoms with Crippen LogP contribution in [0.1, 0.15) is 40.0 Å². The molecule has 0 N–H and O–H groups in total. The van der Waals surface area contributed by atoms with E-state index in [-0.39, 0.29) is 0 Å². The zero-order valence-electron chi connectivity index (χ0n) is 9.22. The maximum atomic E-state index is 3.87. The van der Waals surface area contributed by atoms with Crippen LogP contribution in [-0.4, -0.2) is 0 Å². The van der Waals surface area contributed by atoms with Gasteiger partial charge < -0.3 is 0 Å². The summed E-state index contributed by atoms with van der Waals surface area (Å²) in [5, 5.41) is 0.